The summed E-state index contributed by atoms with van der Waals surface area (Å²) < 4.78 is 11.0. The van der Waals surface area contributed by atoms with E-state index in [-0.39, 0.29) is 5.41 Å². The first-order valence-corrected chi connectivity index (χ1v) is 7.39. The minimum atomic E-state index is 0.104. The summed E-state index contributed by atoms with van der Waals surface area (Å²) in [5.74, 6) is 1.04. The van der Waals surface area contributed by atoms with Crippen LogP contribution in [0.25, 0.3) is 0 Å². The van der Waals surface area contributed by atoms with Crippen LogP contribution in [0.3, 0.4) is 0 Å². The van der Waals surface area contributed by atoms with Crippen molar-refractivity contribution in [2.45, 2.75) is 39.5 Å². The Labute approximate surface area is 123 Å². The summed E-state index contributed by atoms with van der Waals surface area (Å²) in [6.45, 7) is 12.1. The zero-order valence-electron chi connectivity index (χ0n) is 13.6. The van der Waals surface area contributed by atoms with Crippen LogP contribution in [-0.2, 0) is 10.2 Å². The van der Waals surface area contributed by atoms with Crippen LogP contribution in [0.1, 0.15) is 38.3 Å². The van der Waals surface area contributed by atoms with Gasteiger partial charge >= 0.3 is 0 Å². The van der Waals surface area contributed by atoms with Crippen molar-refractivity contribution in [3.63, 3.8) is 0 Å². The Morgan fingerprint density at radius 1 is 1.10 bits per heavy atom. The summed E-state index contributed by atoms with van der Waals surface area (Å²) in [6, 6.07) is 6.37. The topological polar surface area (TPSA) is 30.5 Å². The molecule has 0 saturated carbocycles. The number of methoxy groups -OCH3 is 1. The van der Waals surface area contributed by atoms with Crippen molar-refractivity contribution in [1.82, 2.24) is 5.32 Å². The van der Waals surface area contributed by atoms with Crippen LogP contribution in [-0.4, -0.2) is 33.4 Å². The van der Waals surface area contributed by atoms with Gasteiger partial charge in [0.15, 0.2) is 0 Å². The second-order valence-electron chi connectivity index (χ2n) is 6.15. The predicted molar refractivity (Wildman–Crippen MR) is 84.7 cm³/mol. The van der Waals surface area contributed by atoms with Gasteiger partial charge in [0.05, 0.1) is 0 Å². The van der Waals surface area contributed by atoms with E-state index < -0.39 is 0 Å². The summed E-state index contributed by atoms with van der Waals surface area (Å²) in [5.41, 5.74) is 2.58. The molecule has 0 aliphatic carbocycles. The summed E-state index contributed by atoms with van der Waals surface area (Å²) in [5, 5.41) is 3.36. The molecule has 20 heavy (non-hydrogen) atoms. The lowest BCUT2D eigenvalue weighted by Gasteiger charge is -2.24. The van der Waals surface area contributed by atoms with Crippen molar-refractivity contribution in [2.24, 2.45) is 0 Å². The molecule has 114 valence electrons. The highest BCUT2D eigenvalue weighted by atomic mass is 16.5. The van der Waals surface area contributed by atoms with Gasteiger partial charge < -0.3 is 14.8 Å². The highest BCUT2D eigenvalue weighted by Gasteiger charge is 2.19. The molecule has 0 heterocycles. The molecule has 0 radical (unpaired) electrons. The maximum absolute atomic E-state index is 6.01. The third-order valence-electron chi connectivity index (χ3n) is 3.25. The Bertz CT molecular complexity index is 396. The highest BCUT2D eigenvalue weighted by molar-refractivity contribution is 5.44. The largest absolute Gasteiger partial charge is 0.492 e. The molecule has 1 rings (SSSR count). The second-order valence-corrected chi connectivity index (χ2v) is 6.15. The van der Waals surface area contributed by atoms with Crippen LogP contribution < -0.4 is 10.1 Å². The maximum atomic E-state index is 6.01. The first-order valence-electron chi connectivity index (χ1n) is 7.39. The molecule has 0 aliphatic heterocycles. The molecule has 0 atom stereocenters. The highest BCUT2D eigenvalue weighted by Crippen LogP contribution is 2.33. The predicted octanol–water partition coefficient (Wildman–Crippen LogP) is 3.30. The second kappa shape index (κ2) is 8.28. The van der Waals surface area contributed by atoms with Crippen molar-refractivity contribution < 1.29 is 9.47 Å². The van der Waals surface area contributed by atoms with Gasteiger partial charge in [-0.3, -0.25) is 0 Å². The van der Waals surface area contributed by atoms with E-state index in [1.807, 2.05) is 0 Å². The van der Waals surface area contributed by atoms with Gasteiger partial charge in [0.25, 0.3) is 0 Å². The smallest absolute Gasteiger partial charge is 0.125 e. The van der Waals surface area contributed by atoms with E-state index in [1.54, 1.807) is 7.11 Å². The summed E-state index contributed by atoms with van der Waals surface area (Å²) >= 11 is 0. The summed E-state index contributed by atoms with van der Waals surface area (Å²) in [6.07, 6.45) is 1.04. The molecule has 3 nitrogen and oxygen atoms in total. The zero-order chi connectivity index (χ0) is 15.0. The van der Waals surface area contributed by atoms with Gasteiger partial charge in [-0.1, -0.05) is 39.0 Å². The van der Waals surface area contributed by atoms with Crippen LogP contribution in [0.2, 0.25) is 0 Å². The molecule has 1 aromatic carbocycles. The lowest BCUT2D eigenvalue weighted by molar-refractivity contribution is 0.193. The number of benzene rings is 1. The lowest BCUT2D eigenvalue weighted by atomic mass is 9.85. The average molecular weight is 279 g/mol. The van der Waals surface area contributed by atoms with E-state index in [1.165, 1.54) is 11.1 Å². The first-order chi connectivity index (χ1) is 9.46. The number of para-hydroxylation sites is 1. The average Bonchev–Trinajstić information content (AvgIpc) is 2.38. The van der Waals surface area contributed by atoms with Crippen molar-refractivity contribution in [3.8, 4) is 5.75 Å². The summed E-state index contributed by atoms with van der Waals surface area (Å²) in [7, 11) is 1.73. The van der Waals surface area contributed by atoms with Crippen molar-refractivity contribution in [1.29, 1.82) is 0 Å². The number of ether oxygens (including phenoxy) is 2. The molecular weight excluding hydrogens is 250 g/mol. The Morgan fingerprint density at radius 2 is 1.85 bits per heavy atom. The molecule has 0 saturated heterocycles. The minimum absolute atomic E-state index is 0.104. The van der Waals surface area contributed by atoms with Gasteiger partial charge in [0.2, 0.25) is 0 Å². The molecular formula is C17H29NO2. The number of hydrogen-bond donors (Lipinski definition) is 1. The first kappa shape index (κ1) is 17.0. The Balaban J connectivity index is 2.47. The van der Waals surface area contributed by atoms with E-state index in [9.17, 15) is 0 Å². The van der Waals surface area contributed by atoms with E-state index in [0.717, 1.165) is 31.9 Å². The number of hydrogen-bond acceptors (Lipinski definition) is 3. The molecule has 0 aromatic heterocycles. The lowest BCUT2D eigenvalue weighted by Crippen LogP contribution is -2.24. The quantitative estimate of drug-likeness (QED) is 0.741. The molecule has 1 aromatic rings. The normalized spacial score (nSPS) is 11.7. The Kier molecular flexibility index (Phi) is 7.03. The molecule has 0 aliphatic rings. The van der Waals surface area contributed by atoms with E-state index >= 15 is 0 Å². The fourth-order valence-corrected chi connectivity index (χ4v) is 2.13. The monoisotopic (exact) mass is 279 g/mol. The van der Waals surface area contributed by atoms with Gasteiger partial charge in [-0.25, -0.2) is 0 Å². The Morgan fingerprint density at radius 3 is 2.50 bits per heavy atom. The third-order valence-corrected chi connectivity index (χ3v) is 3.25. The third kappa shape index (κ3) is 5.51. The Hall–Kier alpha value is -1.06. The number of rotatable bonds is 8. The van der Waals surface area contributed by atoms with Gasteiger partial charge in [-0.05, 0) is 36.4 Å². The maximum Gasteiger partial charge on any atom is 0.125 e. The van der Waals surface area contributed by atoms with Crippen molar-refractivity contribution in [3.05, 3.63) is 29.3 Å². The van der Waals surface area contributed by atoms with Crippen LogP contribution in [0.4, 0.5) is 0 Å². The van der Waals surface area contributed by atoms with Crippen molar-refractivity contribution in [2.75, 3.05) is 33.4 Å². The zero-order valence-corrected chi connectivity index (χ0v) is 13.6. The summed E-state index contributed by atoms with van der Waals surface area (Å²) in [4.78, 5) is 0. The molecule has 1 N–H and O–H groups in total. The van der Waals surface area contributed by atoms with Crippen LogP contribution in [0.5, 0.6) is 5.75 Å². The van der Waals surface area contributed by atoms with Crippen LogP contribution >= 0.6 is 0 Å². The van der Waals surface area contributed by atoms with Crippen LogP contribution in [0, 0.1) is 6.92 Å². The molecule has 3 heteroatoms. The van der Waals surface area contributed by atoms with E-state index in [0.29, 0.717) is 6.61 Å². The molecule has 0 amide bonds. The fraction of sp³-hybridized carbons (Fsp3) is 0.647. The molecule has 0 unspecified atom stereocenters. The molecule has 0 fully saturated rings. The standard InChI is InChI=1S/C17H29NO2/c1-14-8-6-9-15(17(2,3)4)16(14)20-13-11-18-10-7-12-19-5/h6,8-9,18H,7,10-13H2,1-5H3. The van der Waals surface area contributed by atoms with E-state index in [4.69, 9.17) is 9.47 Å². The molecule has 0 bridgehead atoms. The number of aryl methyl sites for hydroxylation is 1. The fourth-order valence-electron chi connectivity index (χ4n) is 2.13. The van der Waals surface area contributed by atoms with Gasteiger partial charge in [0.1, 0.15) is 12.4 Å². The van der Waals surface area contributed by atoms with Crippen molar-refractivity contribution >= 4 is 0 Å². The number of nitrogens with one attached hydrogen (secondary N) is 1. The minimum Gasteiger partial charge on any atom is -0.492 e. The van der Waals surface area contributed by atoms with E-state index in [2.05, 4.69) is 51.2 Å². The van der Waals surface area contributed by atoms with Gasteiger partial charge in [0, 0.05) is 20.3 Å². The molecule has 0 spiro atoms. The van der Waals surface area contributed by atoms with Gasteiger partial charge in [-0.2, -0.15) is 0 Å². The SMILES string of the molecule is COCCCNCCOc1c(C)cccc1C(C)(C)C. The van der Waals surface area contributed by atoms with Crippen LogP contribution in [0.15, 0.2) is 18.2 Å². The van der Waals surface area contributed by atoms with Gasteiger partial charge in [-0.15, -0.1) is 0 Å².